The number of hydrogen-bond donors (Lipinski definition) is 1. The molecule has 2 heterocycles. The highest BCUT2D eigenvalue weighted by molar-refractivity contribution is 7.99. The predicted molar refractivity (Wildman–Crippen MR) is 89.5 cm³/mol. The highest BCUT2D eigenvalue weighted by Crippen LogP contribution is 2.39. The minimum absolute atomic E-state index is 0.218. The molecule has 1 aromatic heterocycles. The van der Waals surface area contributed by atoms with Gasteiger partial charge in [-0.15, -0.1) is 10.2 Å². The van der Waals surface area contributed by atoms with Gasteiger partial charge >= 0.3 is 0 Å². The number of thioether (sulfide) groups is 1. The lowest BCUT2D eigenvalue weighted by atomic mass is 9.75. The molecule has 3 aliphatic rings. The van der Waals surface area contributed by atoms with Crippen LogP contribution < -0.4 is 5.84 Å². The summed E-state index contributed by atoms with van der Waals surface area (Å²) in [6, 6.07) is 0. The van der Waals surface area contributed by atoms with Crippen molar-refractivity contribution >= 4 is 17.7 Å². The number of nitrogens with zero attached hydrogens (tertiary/aromatic N) is 4. The molecule has 23 heavy (non-hydrogen) atoms. The second-order valence-electron chi connectivity index (χ2n) is 7.21. The van der Waals surface area contributed by atoms with Gasteiger partial charge in [-0.05, 0) is 37.5 Å². The summed E-state index contributed by atoms with van der Waals surface area (Å²) in [4.78, 5) is 14.6. The predicted octanol–water partition coefficient (Wildman–Crippen LogP) is 2.00. The standard InChI is InChI=1S/C16H25N5OS/c17-21-15(12-5-6-12)18-19-16(21)23-10-14(22)20-8-7-11-3-1-2-4-13(11)9-20/h11-13H,1-10,17H2/t11-,13-/m1/s1. The molecule has 7 heteroatoms. The van der Waals surface area contributed by atoms with E-state index < -0.39 is 0 Å². The van der Waals surface area contributed by atoms with Gasteiger partial charge in [0.1, 0.15) is 0 Å². The Bertz CT molecular complexity index is 585. The van der Waals surface area contributed by atoms with Crippen molar-refractivity contribution in [3.8, 4) is 0 Å². The molecule has 1 aromatic rings. The van der Waals surface area contributed by atoms with Gasteiger partial charge in [-0.1, -0.05) is 31.0 Å². The number of aromatic nitrogens is 3. The maximum atomic E-state index is 12.5. The molecule has 126 valence electrons. The molecule has 1 saturated heterocycles. The van der Waals surface area contributed by atoms with Crippen molar-refractivity contribution < 1.29 is 4.79 Å². The molecule has 0 bridgehead atoms. The van der Waals surface area contributed by atoms with E-state index in [0.717, 1.165) is 43.6 Å². The van der Waals surface area contributed by atoms with E-state index >= 15 is 0 Å². The maximum Gasteiger partial charge on any atom is 0.233 e. The molecule has 6 nitrogen and oxygen atoms in total. The molecule has 2 saturated carbocycles. The molecule has 2 atom stereocenters. The van der Waals surface area contributed by atoms with Gasteiger partial charge in [-0.25, -0.2) is 4.68 Å². The Kier molecular flexibility index (Phi) is 4.22. The molecule has 2 N–H and O–H groups in total. The van der Waals surface area contributed by atoms with Gasteiger partial charge in [-0.2, -0.15) is 0 Å². The third kappa shape index (κ3) is 3.20. The molecular formula is C16H25N5OS. The van der Waals surface area contributed by atoms with Crippen LogP contribution in [0.2, 0.25) is 0 Å². The van der Waals surface area contributed by atoms with Crippen LogP contribution in [-0.2, 0) is 4.79 Å². The fraction of sp³-hybridized carbons (Fsp3) is 0.812. The SMILES string of the molecule is Nn1c(SCC(=O)N2CC[C@H]3CCCC[C@@H]3C2)nnc1C1CC1. The second kappa shape index (κ2) is 6.34. The Morgan fingerprint density at radius 3 is 2.70 bits per heavy atom. The molecule has 2 aliphatic carbocycles. The molecular weight excluding hydrogens is 310 g/mol. The largest absolute Gasteiger partial charge is 0.342 e. The van der Waals surface area contributed by atoms with Crippen LogP contribution in [0.25, 0.3) is 0 Å². The van der Waals surface area contributed by atoms with E-state index in [1.807, 2.05) is 0 Å². The summed E-state index contributed by atoms with van der Waals surface area (Å²) in [5.41, 5.74) is 0. The number of rotatable bonds is 4. The summed E-state index contributed by atoms with van der Waals surface area (Å²) in [7, 11) is 0. The van der Waals surface area contributed by atoms with Gasteiger partial charge in [0.2, 0.25) is 11.1 Å². The highest BCUT2D eigenvalue weighted by Gasteiger charge is 2.33. The lowest BCUT2D eigenvalue weighted by Gasteiger charge is -2.41. The Morgan fingerprint density at radius 1 is 1.13 bits per heavy atom. The van der Waals surface area contributed by atoms with Gasteiger partial charge < -0.3 is 10.7 Å². The summed E-state index contributed by atoms with van der Waals surface area (Å²) in [5.74, 6) is 9.60. The fourth-order valence-electron chi connectivity index (χ4n) is 4.05. The number of carbonyl (C=O) groups is 1. The van der Waals surface area contributed by atoms with Crippen LogP contribution >= 0.6 is 11.8 Å². The number of carbonyl (C=O) groups excluding carboxylic acids is 1. The van der Waals surface area contributed by atoms with Crippen molar-refractivity contribution in [1.29, 1.82) is 0 Å². The number of fused-ring (bicyclic) bond motifs is 1. The van der Waals surface area contributed by atoms with Gasteiger partial charge in [-0.3, -0.25) is 4.79 Å². The van der Waals surface area contributed by atoms with Crippen LogP contribution in [0.5, 0.6) is 0 Å². The number of amides is 1. The first kappa shape index (κ1) is 15.3. The summed E-state index contributed by atoms with van der Waals surface area (Å²) in [6.07, 6.45) is 8.84. The van der Waals surface area contributed by atoms with Crippen LogP contribution in [0.4, 0.5) is 0 Å². The summed E-state index contributed by atoms with van der Waals surface area (Å²) in [6.45, 7) is 1.87. The van der Waals surface area contributed by atoms with Crippen LogP contribution in [0.3, 0.4) is 0 Å². The monoisotopic (exact) mass is 335 g/mol. The number of hydrogen-bond acceptors (Lipinski definition) is 5. The zero-order valence-electron chi connectivity index (χ0n) is 13.5. The van der Waals surface area contributed by atoms with Crippen LogP contribution in [0.15, 0.2) is 5.16 Å². The van der Waals surface area contributed by atoms with Gasteiger partial charge in [0.05, 0.1) is 5.75 Å². The first-order chi connectivity index (χ1) is 11.2. The summed E-state index contributed by atoms with van der Waals surface area (Å²) < 4.78 is 1.57. The van der Waals surface area contributed by atoms with E-state index in [0.29, 0.717) is 16.8 Å². The first-order valence-electron chi connectivity index (χ1n) is 8.83. The van der Waals surface area contributed by atoms with Crippen molar-refractivity contribution in [3.05, 3.63) is 5.82 Å². The summed E-state index contributed by atoms with van der Waals surface area (Å²) in [5, 5.41) is 8.96. The topological polar surface area (TPSA) is 77.0 Å². The van der Waals surface area contributed by atoms with E-state index in [9.17, 15) is 4.79 Å². The van der Waals surface area contributed by atoms with Crippen LogP contribution in [0, 0.1) is 11.8 Å². The smallest absolute Gasteiger partial charge is 0.233 e. The first-order valence-corrected chi connectivity index (χ1v) is 9.82. The maximum absolute atomic E-state index is 12.5. The Balaban J connectivity index is 1.31. The van der Waals surface area contributed by atoms with Crippen molar-refractivity contribution in [2.75, 3.05) is 24.7 Å². The molecule has 0 unspecified atom stereocenters. The number of piperidine rings is 1. The highest BCUT2D eigenvalue weighted by atomic mass is 32.2. The average Bonchev–Trinajstić information content (AvgIpc) is 3.36. The van der Waals surface area contributed by atoms with Crippen LogP contribution in [0.1, 0.15) is 56.7 Å². The molecule has 0 aromatic carbocycles. The minimum atomic E-state index is 0.218. The third-order valence-electron chi connectivity index (χ3n) is 5.60. The Hall–Kier alpha value is -1.24. The van der Waals surface area contributed by atoms with Gasteiger partial charge in [0.15, 0.2) is 5.82 Å². The van der Waals surface area contributed by atoms with E-state index in [1.54, 1.807) is 4.68 Å². The number of nitrogens with two attached hydrogens (primary N) is 1. The molecule has 0 spiro atoms. The zero-order valence-corrected chi connectivity index (χ0v) is 14.3. The average molecular weight is 335 g/mol. The second-order valence-corrected chi connectivity index (χ2v) is 8.15. The summed E-state index contributed by atoms with van der Waals surface area (Å²) >= 11 is 1.42. The minimum Gasteiger partial charge on any atom is -0.342 e. The van der Waals surface area contributed by atoms with Gasteiger partial charge in [0, 0.05) is 19.0 Å². The van der Waals surface area contributed by atoms with E-state index in [2.05, 4.69) is 15.1 Å². The van der Waals surface area contributed by atoms with Crippen molar-refractivity contribution in [3.63, 3.8) is 0 Å². The number of likely N-dealkylation sites (tertiary alicyclic amines) is 1. The molecule has 3 fully saturated rings. The molecule has 0 radical (unpaired) electrons. The normalized spacial score (nSPS) is 27.7. The molecule has 1 amide bonds. The molecule has 1 aliphatic heterocycles. The van der Waals surface area contributed by atoms with Crippen LogP contribution in [-0.4, -0.2) is 44.5 Å². The van der Waals surface area contributed by atoms with Crippen molar-refractivity contribution in [2.24, 2.45) is 11.8 Å². The van der Waals surface area contributed by atoms with Crippen molar-refractivity contribution in [1.82, 2.24) is 19.8 Å². The number of nitrogen functional groups attached to an aromatic ring is 1. The van der Waals surface area contributed by atoms with Crippen molar-refractivity contribution in [2.45, 2.75) is 56.0 Å². The van der Waals surface area contributed by atoms with E-state index in [-0.39, 0.29) is 5.91 Å². The lowest BCUT2D eigenvalue weighted by Crippen LogP contribution is -2.45. The molecule has 4 rings (SSSR count). The fourth-order valence-corrected chi connectivity index (χ4v) is 4.82. The van der Waals surface area contributed by atoms with E-state index in [4.69, 9.17) is 5.84 Å². The van der Waals surface area contributed by atoms with E-state index in [1.165, 1.54) is 43.9 Å². The van der Waals surface area contributed by atoms with Gasteiger partial charge in [0.25, 0.3) is 0 Å². The Morgan fingerprint density at radius 2 is 1.91 bits per heavy atom. The quantitative estimate of drug-likeness (QED) is 0.673. The third-order valence-corrected chi connectivity index (χ3v) is 6.53. The zero-order chi connectivity index (χ0) is 15.8. The Labute approximate surface area is 141 Å². The lowest BCUT2D eigenvalue weighted by molar-refractivity contribution is -0.131.